The summed E-state index contributed by atoms with van der Waals surface area (Å²) in [5.74, 6) is 0.355. The second-order valence-electron chi connectivity index (χ2n) is 5.68. The molecule has 18 heavy (non-hydrogen) atoms. The minimum atomic E-state index is 0.206. The second-order valence-corrected chi connectivity index (χ2v) is 5.68. The van der Waals surface area contributed by atoms with E-state index in [1.807, 2.05) is 12.1 Å². The van der Waals surface area contributed by atoms with E-state index in [4.69, 9.17) is 0 Å². The quantitative estimate of drug-likeness (QED) is 0.862. The van der Waals surface area contributed by atoms with Gasteiger partial charge in [0.1, 0.15) is 5.75 Å². The van der Waals surface area contributed by atoms with E-state index in [1.54, 1.807) is 6.07 Å². The van der Waals surface area contributed by atoms with Crippen LogP contribution < -0.4 is 5.32 Å². The molecule has 0 bridgehead atoms. The predicted octanol–water partition coefficient (Wildman–Crippen LogP) is 2.35. The Bertz CT molecular complexity index is 407. The lowest BCUT2D eigenvalue weighted by Crippen LogP contribution is -2.61. The van der Waals surface area contributed by atoms with Crippen LogP contribution >= 0.6 is 0 Å². The molecule has 0 aliphatic carbocycles. The standard InChI is InChI=1S/C15H24N2O/c1-4-15(3)11-16-12(2)9-17(15)10-13-6-5-7-14(18)8-13/h5-8,12,16,18H,4,9-11H2,1-3H3. The molecular formula is C15H24N2O. The van der Waals surface area contributed by atoms with Gasteiger partial charge in [-0.05, 0) is 38.0 Å². The molecule has 1 aliphatic rings. The lowest BCUT2D eigenvalue weighted by Gasteiger charge is -2.47. The highest BCUT2D eigenvalue weighted by Crippen LogP contribution is 2.25. The van der Waals surface area contributed by atoms with Crippen molar-refractivity contribution in [1.82, 2.24) is 10.2 Å². The third-order valence-corrected chi connectivity index (χ3v) is 4.13. The zero-order valence-electron chi connectivity index (χ0n) is 11.6. The van der Waals surface area contributed by atoms with Crippen molar-refractivity contribution >= 4 is 0 Å². The zero-order valence-corrected chi connectivity index (χ0v) is 11.6. The Kier molecular flexibility index (Phi) is 3.93. The van der Waals surface area contributed by atoms with E-state index in [-0.39, 0.29) is 5.54 Å². The van der Waals surface area contributed by atoms with Crippen molar-refractivity contribution in [2.75, 3.05) is 13.1 Å². The topological polar surface area (TPSA) is 35.5 Å². The van der Waals surface area contributed by atoms with Crippen molar-refractivity contribution in [2.45, 2.75) is 45.3 Å². The van der Waals surface area contributed by atoms with Crippen molar-refractivity contribution in [3.8, 4) is 5.75 Å². The third kappa shape index (κ3) is 2.85. The van der Waals surface area contributed by atoms with Crippen molar-refractivity contribution in [2.24, 2.45) is 0 Å². The molecule has 2 N–H and O–H groups in total. The molecule has 1 aliphatic heterocycles. The van der Waals surface area contributed by atoms with Gasteiger partial charge < -0.3 is 10.4 Å². The van der Waals surface area contributed by atoms with Crippen LogP contribution in [-0.4, -0.2) is 34.7 Å². The predicted molar refractivity (Wildman–Crippen MR) is 74.7 cm³/mol. The number of benzene rings is 1. The first-order chi connectivity index (χ1) is 8.53. The number of phenols is 1. The summed E-state index contributed by atoms with van der Waals surface area (Å²) in [5, 5.41) is 13.1. The number of hydrogen-bond acceptors (Lipinski definition) is 3. The van der Waals surface area contributed by atoms with Crippen LogP contribution in [0.15, 0.2) is 24.3 Å². The zero-order chi connectivity index (χ0) is 13.2. The molecule has 1 aromatic rings. The molecular weight excluding hydrogens is 224 g/mol. The number of nitrogens with one attached hydrogen (secondary N) is 1. The highest BCUT2D eigenvalue weighted by atomic mass is 16.3. The number of piperazine rings is 1. The molecule has 2 rings (SSSR count). The minimum Gasteiger partial charge on any atom is -0.508 e. The maximum atomic E-state index is 9.55. The molecule has 1 aromatic carbocycles. The molecule has 1 fully saturated rings. The number of aromatic hydroxyl groups is 1. The van der Waals surface area contributed by atoms with E-state index in [1.165, 1.54) is 5.56 Å². The largest absolute Gasteiger partial charge is 0.508 e. The maximum absolute atomic E-state index is 9.55. The first kappa shape index (κ1) is 13.4. The Morgan fingerprint density at radius 1 is 1.50 bits per heavy atom. The molecule has 0 spiro atoms. The van der Waals surface area contributed by atoms with E-state index >= 15 is 0 Å². The van der Waals surface area contributed by atoms with Gasteiger partial charge in [-0.15, -0.1) is 0 Å². The molecule has 0 saturated carbocycles. The first-order valence-corrected chi connectivity index (χ1v) is 6.80. The molecule has 3 heteroatoms. The number of nitrogens with zero attached hydrogens (tertiary/aromatic N) is 1. The fourth-order valence-corrected chi connectivity index (χ4v) is 2.60. The van der Waals surface area contributed by atoms with Crippen LogP contribution in [0, 0.1) is 0 Å². The summed E-state index contributed by atoms with van der Waals surface area (Å²) in [4.78, 5) is 2.53. The van der Waals surface area contributed by atoms with Gasteiger partial charge in [0.15, 0.2) is 0 Å². The van der Waals surface area contributed by atoms with Gasteiger partial charge >= 0.3 is 0 Å². The summed E-state index contributed by atoms with van der Waals surface area (Å²) >= 11 is 0. The molecule has 0 radical (unpaired) electrons. The Balaban J connectivity index is 2.14. The summed E-state index contributed by atoms with van der Waals surface area (Å²) in [6.45, 7) is 9.78. The first-order valence-electron chi connectivity index (χ1n) is 6.80. The van der Waals surface area contributed by atoms with Crippen molar-refractivity contribution < 1.29 is 5.11 Å². The van der Waals surface area contributed by atoms with Gasteiger partial charge in [-0.1, -0.05) is 19.1 Å². The van der Waals surface area contributed by atoms with Crippen LogP contribution in [0.3, 0.4) is 0 Å². The lowest BCUT2D eigenvalue weighted by molar-refractivity contribution is 0.0453. The van der Waals surface area contributed by atoms with Crippen LogP contribution in [-0.2, 0) is 6.54 Å². The number of hydrogen-bond donors (Lipinski definition) is 2. The lowest BCUT2D eigenvalue weighted by atomic mass is 9.91. The highest BCUT2D eigenvalue weighted by Gasteiger charge is 2.34. The van der Waals surface area contributed by atoms with E-state index in [2.05, 4.69) is 37.1 Å². The van der Waals surface area contributed by atoms with Crippen LogP contribution in [0.25, 0.3) is 0 Å². The average molecular weight is 248 g/mol. The fraction of sp³-hybridized carbons (Fsp3) is 0.600. The Labute approximate surface area is 110 Å². The van der Waals surface area contributed by atoms with Crippen molar-refractivity contribution in [1.29, 1.82) is 0 Å². The van der Waals surface area contributed by atoms with Gasteiger partial charge in [0.25, 0.3) is 0 Å². The molecule has 2 atom stereocenters. The van der Waals surface area contributed by atoms with E-state index < -0.39 is 0 Å². The van der Waals surface area contributed by atoms with Gasteiger partial charge in [-0.25, -0.2) is 0 Å². The Morgan fingerprint density at radius 2 is 2.28 bits per heavy atom. The molecule has 1 heterocycles. The number of rotatable bonds is 3. The molecule has 0 aromatic heterocycles. The molecule has 1 saturated heterocycles. The van der Waals surface area contributed by atoms with Gasteiger partial charge in [0.05, 0.1) is 0 Å². The van der Waals surface area contributed by atoms with E-state index in [0.717, 1.165) is 26.1 Å². The van der Waals surface area contributed by atoms with Gasteiger partial charge in [-0.3, -0.25) is 4.90 Å². The number of phenolic OH excluding ortho intramolecular Hbond substituents is 1. The monoisotopic (exact) mass is 248 g/mol. The van der Waals surface area contributed by atoms with E-state index in [0.29, 0.717) is 11.8 Å². The van der Waals surface area contributed by atoms with E-state index in [9.17, 15) is 5.11 Å². The normalized spacial score (nSPS) is 29.4. The molecule has 3 nitrogen and oxygen atoms in total. The second kappa shape index (κ2) is 5.29. The highest BCUT2D eigenvalue weighted by molar-refractivity contribution is 5.27. The van der Waals surface area contributed by atoms with Gasteiger partial charge in [0, 0.05) is 31.2 Å². The average Bonchev–Trinajstić information content (AvgIpc) is 2.34. The minimum absolute atomic E-state index is 0.206. The summed E-state index contributed by atoms with van der Waals surface area (Å²) in [6.07, 6.45) is 1.13. The van der Waals surface area contributed by atoms with Gasteiger partial charge in [-0.2, -0.15) is 0 Å². The van der Waals surface area contributed by atoms with Crippen molar-refractivity contribution in [3.05, 3.63) is 29.8 Å². The van der Waals surface area contributed by atoms with Crippen LogP contribution in [0.4, 0.5) is 0 Å². The smallest absolute Gasteiger partial charge is 0.115 e. The molecule has 100 valence electrons. The third-order valence-electron chi connectivity index (χ3n) is 4.13. The van der Waals surface area contributed by atoms with Crippen LogP contribution in [0.5, 0.6) is 5.75 Å². The Hall–Kier alpha value is -1.06. The molecule has 2 unspecified atom stereocenters. The van der Waals surface area contributed by atoms with Crippen LogP contribution in [0.2, 0.25) is 0 Å². The molecule has 0 amide bonds. The van der Waals surface area contributed by atoms with Crippen LogP contribution in [0.1, 0.15) is 32.8 Å². The van der Waals surface area contributed by atoms with Gasteiger partial charge in [0.2, 0.25) is 0 Å². The Morgan fingerprint density at radius 3 is 2.94 bits per heavy atom. The summed E-state index contributed by atoms with van der Waals surface area (Å²) in [5.41, 5.74) is 1.39. The maximum Gasteiger partial charge on any atom is 0.115 e. The summed E-state index contributed by atoms with van der Waals surface area (Å²) < 4.78 is 0. The fourth-order valence-electron chi connectivity index (χ4n) is 2.60. The van der Waals surface area contributed by atoms with Crippen molar-refractivity contribution in [3.63, 3.8) is 0 Å². The SMILES string of the molecule is CCC1(C)CNC(C)CN1Cc1cccc(O)c1. The summed E-state index contributed by atoms with van der Waals surface area (Å²) in [6, 6.07) is 8.12. The summed E-state index contributed by atoms with van der Waals surface area (Å²) in [7, 11) is 0.